The van der Waals surface area contributed by atoms with Crippen molar-refractivity contribution in [3.63, 3.8) is 0 Å². The van der Waals surface area contributed by atoms with Crippen molar-refractivity contribution in [3.8, 4) is 0 Å². The zero-order valence-corrected chi connectivity index (χ0v) is 20.7. The number of piperazine rings is 1. The number of anilines is 1. The van der Waals surface area contributed by atoms with E-state index in [4.69, 9.17) is 4.99 Å². The van der Waals surface area contributed by atoms with Gasteiger partial charge in [0.15, 0.2) is 5.96 Å². The number of halogens is 1. The van der Waals surface area contributed by atoms with E-state index in [1.807, 2.05) is 0 Å². The van der Waals surface area contributed by atoms with Crippen molar-refractivity contribution in [2.24, 2.45) is 10.9 Å². The van der Waals surface area contributed by atoms with Crippen LogP contribution >= 0.6 is 35.5 Å². The van der Waals surface area contributed by atoms with Gasteiger partial charge in [-0.2, -0.15) is 4.37 Å². The summed E-state index contributed by atoms with van der Waals surface area (Å²) in [4.78, 5) is 16.9. The van der Waals surface area contributed by atoms with Crippen LogP contribution in [0.2, 0.25) is 0 Å². The van der Waals surface area contributed by atoms with Gasteiger partial charge in [0.2, 0.25) is 5.13 Å². The molecule has 7 nitrogen and oxygen atoms in total. The summed E-state index contributed by atoms with van der Waals surface area (Å²) < 4.78 is 4.42. The van der Waals surface area contributed by atoms with E-state index in [1.54, 1.807) is 0 Å². The van der Waals surface area contributed by atoms with Crippen LogP contribution in [-0.4, -0.2) is 84.0 Å². The van der Waals surface area contributed by atoms with Gasteiger partial charge in [0, 0.05) is 63.8 Å². The van der Waals surface area contributed by atoms with E-state index in [9.17, 15) is 0 Å². The molecule has 0 saturated carbocycles. The second-order valence-corrected chi connectivity index (χ2v) is 8.36. The maximum atomic E-state index is 4.96. The number of likely N-dealkylation sites (tertiary alicyclic amines) is 1. The van der Waals surface area contributed by atoms with E-state index in [0.29, 0.717) is 5.92 Å². The van der Waals surface area contributed by atoms with Gasteiger partial charge in [-0.25, -0.2) is 4.98 Å². The van der Waals surface area contributed by atoms with Gasteiger partial charge in [0.25, 0.3) is 0 Å². The highest BCUT2D eigenvalue weighted by Gasteiger charge is 2.22. The van der Waals surface area contributed by atoms with Crippen LogP contribution in [0, 0.1) is 5.92 Å². The van der Waals surface area contributed by atoms with Crippen LogP contribution in [0.4, 0.5) is 5.13 Å². The predicted molar refractivity (Wildman–Crippen MR) is 129 cm³/mol. The summed E-state index contributed by atoms with van der Waals surface area (Å²) in [6.07, 6.45) is 3.62. The zero-order chi connectivity index (χ0) is 19.1. The topological polar surface area (TPSA) is 59.9 Å². The molecule has 1 N–H and O–H groups in total. The van der Waals surface area contributed by atoms with E-state index < -0.39 is 0 Å². The van der Waals surface area contributed by atoms with Crippen molar-refractivity contribution in [1.29, 1.82) is 0 Å². The Morgan fingerprint density at radius 3 is 2.46 bits per heavy atom. The summed E-state index contributed by atoms with van der Waals surface area (Å²) >= 11 is 1.53. The highest BCUT2D eigenvalue weighted by molar-refractivity contribution is 14.0. The van der Waals surface area contributed by atoms with Gasteiger partial charge in [-0.3, -0.25) is 4.99 Å². The second-order valence-electron chi connectivity index (χ2n) is 7.63. The van der Waals surface area contributed by atoms with Crippen LogP contribution in [0.25, 0.3) is 0 Å². The first-order valence-electron chi connectivity index (χ1n) is 10.5. The molecule has 0 aromatic carbocycles. The normalized spacial score (nSPS) is 19.6. The quantitative estimate of drug-likeness (QED) is 0.338. The molecule has 3 rings (SSSR count). The highest BCUT2D eigenvalue weighted by Crippen LogP contribution is 2.19. The lowest BCUT2D eigenvalue weighted by Gasteiger charge is -2.36. The number of guanidine groups is 1. The van der Waals surface area contributed by atoms with Gasteiger partial charge in [-0.05, 0) is 38.8 Å². The molecule has 0 radical (unpaired) electrons. The molecule has 2 aliphatic heterocycles. The minimum Gasteiger partial charge on any atom is -0.357 e. The second kappa shape index (κ2) is 12.1. The maximum Gasteiger partial charge on any atom is 0.205 e. The number of nitrogens with zero attached hydrogens (tertiary/aromatic N) is 6. The average molecular weight is 522 g/mol. The lowest BCUT2D eigenvalue weighted by Crippen LogP contribution is -2.52. The van der Waals surface area contributed by atoms with Crippen molar-refractivity contribution in [3.05, 3.63) is 5.82 Å². The lowest BCUT2D eigenvalue weighted by molar-refractivity contribution is 0.290. The number of nitrogens with one attached hydrogen (secondary N) is 1. The minimum absolute atomic E-state index is 0. The molecule has 160 valence electrons. The monoisotopic (exact) mass is 521 g/mol. The number of hydrogen-bond acceptors (Lipinski definition) is 6. The fourth-order valence-electron chi connectivity index (χ4n) is 3.76. The summed E-state index contributed by atoms with van der Waals surface area (Å²) in [5.74, 6) is 2.63. The third-order valence-electron chi connectivity index (χ3n) is 5.28. The molecule has 0 bridgehead atoms. The molecule has 9 heteroatoms. The molecule has 3 heterocycles. The maximum absolute atomic E-state index is 4.96. The predicted octanol–water partition coefficient (Wildman–Crippen LogP) is 2.54. The number of hydrogen-bond donors (Lipinski definition) is 1. The van der Waals surface area contributed by atoms with Gasteiger partial charge in [-0.15, -0.1) is 24.0 Å². The third kappa shape index (κ3) is 6.69. The Morgan fingerprint density at radius 2 is 1.86 bits per heavy atom. The van der Waals surface area contributed by atoms with Crippen LogP contribution in [0.1, 0.15) is 39.4 Å². The molecule has 2 fully saturated rings. The molecule has 1 aromatic rings. The average Bonchev–Trinajstić information content (AvgIpc) is 3.37. The summed E-state index contributed by atoms with van der Waals surface area (Å²) in [7, 11) is 0. The van der Waals surface area contributed by atoms with Crippen molar-refractivity contribution >= 4 is 46.6 Å². The molecule has 0 amide bonds. The number of aliphatic imine (C=N–C) groups is 1. The van der Waals surface area contributed by atoms with Gasteiger partial charge < -0.3 is 20.0 Å². The van der Waals surface area contributed by atoms with Crippen LogP contribution in [-0.2, 0) is 6.42 Å². The molecular weight excluding hydrogens is 485 g/mol. The first-order valence-corrected chi connectivity index (χ1v) is 11.3. The van der Waals surface area contributed by atoms with Gasteiger partial charge in [-0.1, -0.05) is 13.8 Å². The fraction of sp³-hybridized carbons (Fsp3) is 0.842. The van der Waals surface area contributed by atoms with E-state index in [2.05, 4.69) is 50.1 Å². The molecule has 2 aliphatic rings. The Hall–Kier alpha value is -0.680. The Kier molecular flexibility index (Phi) is 10.2. The summed E-state index contributed by atoms with van der Waals surface area (Å²) in [5, 5.41) is 4.55. The van der Waals surface area contributed by atoms with E-state index in [-0.39, 0.29) is 24.0 Å². The Morgan fingerprint density at radius 1 is 1.14 bits per heavy atom. The van der Waals surface area contributed by atoms with E-state index >= 15 is 0 Å². The number of aryl methyl sites for hydroxylation is 1. The highest BCUT2D eigenvalue weighted by atomic mass is 127. The third-order valence-corrected chi connectivity index (χ3v) is 6.09. The first kappa shape index (κ1) is 23.6. The van der Waals surface area contributed by atoms with Gasteiger partial charge in [0.05, 0.1) is 0 Å². The van der Waals surface area contributed by atoms with E-state index in [0.717, 1.165) is 62.6 Å². The Labute approximate surface area is 191 Å². The zero-order valence-electron chi connectivity index (χ0n) is 17.6. The summed E-state index contributed by atoms with van der Waals surface area (Å²) in [6.45, 7) is 16.0. The summed E-state index contributed by atoms with van der Waals surface area (Å²) in [6, 6.07) is 0. The molecule has 0 aliphatic carbocycles. The van der Waals surface area contributed by atoms with E-state index in [1.165, 1.54) is 44.0 Å². The van der Waals surface area contributed by atoms with Crippen LogP contribution in [0.5, 0.6) is 0 Å². The van der Waals surface area contributed by atoms with Crippen molar-refractivity contribution in [1.82, 2.24) is 24.5 Å². The molecule has 0 spiro atoms. The molecular formula is C19H36IN7S. The summed E-state index contributed by atoms with van der Waals surface area (Å²) in [5.41, 5.74) is 0. The molecule has 1 aromatic heterocycles. The van der Waals surface area contributed by atoms with Crippen molar-refractivity contribution in [2.45, 2.75) is 40.0 Å². The lowest BCUT2D eigenvalue weighted by atomic mass is 10.2. The molecule has 1 unspecified atom stereocenters. The SMILES string of the molecule is CCNC(=NCC(C)CN1CCCC1)N1CCN(c2nc(CC)ns2)CC1.I. The number of aromatic nitrogens is 2. The largest absolute Gasteiger partial charge is 0.357 e. The minimum atomic E-state index is 0. The molecule has 1 atom stereocenters. The molecule has 28 heavy (non-hydrogen) atoms. The fourth-order valence-corrected chi connectivity index (χ4v) is 4.56. The molecule has 2 saturated heterocycles. The Bertz CT molecular complexity index is 595. The smallest absolute Gasteiger partial charge is 0.205 e. The standard InChI is InChI=1S/C19H35N7S.HI/c1-4-17-22-19(27-23-17)26-12-10-25(11-13-26)18(20-5-2)21-14-16(3)15-24-8-6-7-9-24;/h16H,4-15H2,1-3H3,(H,20,21);1H. The van der Waals surface area contributed by atoms with Crippen molar-refractivity contribution in [2.75, 3.05) is 63.8 Å². The number of rotatable bonds is 7. The Balaban J connectivity index is 0.00000280. The van der Waals surface area contributed by atoms with Gasteiger partial charge in [0.1, 0.15) is 5.82 Å². The van der Waals surface area contributed by atoms with Crippen LogP contribution in [0.3, 0.4) is 0 Å². The van der Waals surface area contributed by atoms with Crippen molar-refractivity contribution < 1.29 is 0 Å². The van der Waals surface area contributed by atoms with Crippen LogP contribution < -0.4 is 10.2 Å². The first-order chi connectivity index (χ1) is 13.2. The van der Waals surface area contributed by atoms with Gasteiger partial charge >= 0.3 is 0 Å². The van der Waals surface area contributed by atoms with Crippen LogP contribution in [0.15, 0.2) is 4.99 Å².